The summed E-state index contributed by atoms with van der Waals surface area (Å²) in [6.45, 7) is 6.30. The van der Waals surface area contributed by atoms with Gasteiger partial charge in [0.15, 0.2) is 16.7 Å². The number of ketones is 2. The molecule has 0 saturated heterocycles. The molecule has 1 aliphatic rings. The topological polar surface area (TPSA) is 144 Å². The number of nitro benzene ring substituents is 1. The first-order chi connectivity index (χ1) is 16.0. The van der Waals surface area contributed by atoms with Crippen LogP contribution in [0.15, 0.2) is 35.6 Å². The minimum Gasteiger partial charge on any atom is -0.503 e. The largest absolute Gasteiger partial charge is 0.503 e. The average Bonchev–Trinajstić information content (AvgIpc) is 3.41. The number of benzene rings is 1. The molecule has 0 fully saturated rings. The Bertz CT molecular complexity index is 1420. The summed E-state index contributed by atoms with van der Waals surface area (Å²) in [7, 11) is 0. The van der Waals surface area contributed by atoms with Crippen molar-refractivity contribution < 1.29 is 24.4 Å². The van der Waals surface area contributed by atoms with E-state index in [2.05, 4.69) is 9.97 Å². The second-order valence-electron chi connectivity index (χ2n) is 7.60. The molecule has 34 heavy (non-hydrogen) atoms. The van der Waals surface area contributed by atoms with Crippen molar-refractivity contribution in [1.29, 1.82) is 0 Å². The number of aromatic nitrogens is 2. The molecule has 10 nitrogen and oxygen atoms in total. The monoisotopic (exact) mass is 498 g/mol. The van der Waals surface area contributed by atoms with Crippen molar-refractivity contribution in [3.63, 3.8) is 0 Å². The van der Waals surface area contributed by atoms with Gasteiger partial charge in [-0.15, -0.1) is 11.3 Å². The quantitative estimate of drug-likeness (QED) is 0.299. The second-order valence-corrected chi connectivity index (χ2v) is 9.78. The Kier molecular flexibility index (Phi) is 5.87. The van der Waals surface area contributed by atoms with Crippen LogP contribution in [-0.2, 0) is 4.79 Å². The highest BCUT2D eigenvalue weighted by molar-refractivity contribution is 7.18. The number of nitro groups is 1. The SMILES string of the molecule is CC(=O)c1sc(N2C(=O)C(O)=C(C(=O)c3sc(C)nc3C)C2c2ccccc2[N+](=O)[O-])nc1C. The fourth-order valence-corrected chi connectivity index (χ4v) is 5.75. The third-order valence-corrected chi connectivity index (χ3v) is 7.63. The number of aliphatic hydroxyl groups is 1. The van der Waals surface area contributed by atoms with Gasteiger partial charge in [-0.2, -0.15) is 0 Å². The molecule has 4 rings (SSSR count). The lowest BCUT2D eigenvalue weighted by Crippen LogP contribution is -2.31. The van der Waals surface area contributed by atoms with Crippen LogP contribution in [0.25, 0.3) is 0 Å². The van der Waals surface area contributed by atoms with Gasteiger partial charge in [-0.25, -0.2) is 9.97 Å². The van der Waals surface area contributed by atoms with Gasteiger partial charge in [0, 0.05) is 13.0 Å². The summed E-state index contributed by atoms with van der Waals surface area (Å²) in [5, 5.41) is 23.3. The summed E-state index contributed by atoms with van der Waals surface area (Å²) in [6, 6.07) is 4.36. The van der Waals surface area contributed by atoms with E-state index in [1.807, 2.05) is 0 Å². The molecule has 1 aromatic carbocycles. The molecule has 3 heterocycles. The molecule has 12 heteroatoms. The predicted octanol–water partition coefficient (Wildman–Crippen LogP) is 4.42. The molecule has 0 spiro atoms. The Morgan fingerprint density at radius 1 is 1.09 bits per heavy atom. The maximum absolute atomic E-state index is 13.6. The van der Waals surface area contributed by atoms with Crippen LogP contribution in [0.2, 0.25) is 0 Å². The van der Waals surface area contributed by atoms with E-state index < -0.39 is 28.4 Å². The van der Waals surface area contributed by atoms with Gasteiger partial charge in [-0.05, 0) is 26.8 Å². The van der Waals surface area contributed by atoms with Gasteiger partial charge in [0.05, 0.1) is 42.2 Å². The van der Waals surface area contributed by atoms with E-state index in [0.29, 0.717) is 21.3 Å². The molecule has 0 radical (unpaired) electrons. The van der Waals surface area contributed by atoms with Crippen molar-refractivity contribution in [3.8, 4) is 0 Å². The Hall–Kier alpha value is -3.77. The number of para-hydroxylation sites is 1. The fraction of sp³-hybridized carbons (Fsp3) is 0.227. The molecule has 1 atom stereocenters. The van der Waals surface area contributed by atoms with E-state index >= 15 is 0 Å². The van der Waals surface area contributed by atoms with Crippen LogP contribution in [-0.4, -0.2) is 37.5 Å². The number of rotatable bonds is 6. The van der Waals surface area contributed by atoms with Crippen LogP contribution in [0, 0.1) is 30.9 Å². The minimum atomic E-state index is -1.33. The Morgan fingerprint density at radius 2 is 1.74 bits per heavy atom. The van der Waals surface area contributed by atoms with Crippen molar-refractivity contribution in [2.24, 2.45) is 0 Å². The standard InChI is InChI=1S/C22H18N4O6S2/c1-9-19(11(3)27)34-22(24-9)25-16(13-7-5-6-8-14(13)26(31)32)15(18(29)21(25)30)17(28)20-10(2)23-12(4)33-20/h5-8,16,29H,1-4H3. The van der Waals surface area contributed by atoms with E-state index in [-0.39, 0.29) is 32.6 Å². The van der Waals surface area contributed by atoms with Gasteiger partial charge >= 0.3 is 0 Å². The molecule has 1 N–H and O–H groups in total. The fourth-order valence-electron chi connectivity index (χ4n) is 3.89. The molecular weight excluding hydrogens is 480 g/mol. The van der Waals surface area contributed by atoms with Gasteiger partial charge in [-0.1, -0.05) is 23.5 Å². The smallest absolute Gasteiger partial charge is 0.296 e. The highest BCUT2D eigenvalue weighted by atomic mass is 32.1. The molecule has 0 saturated carbocycles. The predicted molar refractivity (Wildman–Crippen MR) is 126 cm³/mol. The average molecular weight is 499 g/mol. The molecule has 1 aliphatic heterocycles. The van der Waals surface area contributed by atoms with Gasteiger partial charge in [-0.3, -0.25) is 29.4 Å². The minimum absolute atomic E-state index is 0.0318. The van der Waals surface area contributed by atoms with Crippen LogP contribution in [0.5, 0.6) is 0 Å². The van der Waals surface area contributed by atoms with E-state index in [9.17, 15) is 29.6 Å². The number of amides is 1. The normalized spacial score (nSPS) is 15.8. The number of aryl methyl sites for hydroxylation is 3. The zero-order chi connectivity index (χ0) is 24.9. The van der Waals surface area contributed by atoms with Crippen molar-refractivity contribution in [2.45, 2.75) is 33.7 Å². The van der Waals surface area contributed by atoms with Crippen LogP contribution in [0.3, 0.4) is 0 Å². The third kappa shape index (κ3) is 3.70. The van der Waals surface area contributed by atoms with Crippen LogP contribution >= 0.6 is 22.7 Å². The molecule has 0 bridgehead atoms. The van der Waals surface area contributed by atoms with Crippen LogP contribution in [0.1, 0.15) is 54.3 Å². The lowest BCUT2D eigenvalue weighted by molar-refractivity contribution is -0.385. The summed E-state index contributed by atoms with van der Waals surface area (Å²) in [5.41, 5.74) is 0.189. The van der Waals surface area contributed by atoms with Crippen molar-refractivity contribution in [2.75, 3.05) is 4.90 Å². The molecule has 2 aromatic heterocycles. The maximum atomic E-state index is 13.6. The first kappa shape index (κ1) is 23.4. The number of thiazole rings is 2. The number of hydrogen-bond acceptors (Lipinski definition) is 10. The maximum Gasteiger partial charge on any atom is 0.296 e. The Labute approximate surface area is 201 Å². The number of hydrogen-bond donors (Lipinski definition) is 1. The van der Waals surface area contributed by atoms with Crippen molar-refractivity contribution in [1.82, 2.24) is 9.97 Å². The van der Waals surface area contributed by atoms with Gasteiger partial charge in [0.2, 0.25) is 5.78 Å². The molecule has 1 unspecified atom stereocenters. The molecule has 0 aliphatic carbocycles. The summed E-state index contributed by atoms with van der Waals surface area (Å²) in [6.07, 6.45) is 0. The number of anilines is 1. The number of carbonyl (C=O) groups is 3. The van der Waals surface area contributed by atoms with Crippen molar-refractivity contribution in [3.05, 3.63) is 77.4 Å². The van der Waals surface area contributed by atoms with Gasteiger partial charge < -0.3 is 5.11 Å². The number of carbonyl (C=O) groups excluding carboxylic acids is 3. The van der Waals surface area contributed by atoms with Crippen LogP contribution in [0.4, 0.5) is 10.8 Å². The molecule has 1 amide bonds. The zero-order valence-electron chi connectivity index (χ0n) is 18.5. The number of nitrogens with zero attached hydrogens (tertiary/aromatic N) is 4. The zero-order valence-corrected chi connectivity index (χ0v) is 20.1. The van der Waals surface area contributed by atoms with E-state index in [1.54, 1.807) is 26.8 Å². The number of aliphatic hydroxyl groups excluding tert-OH is 1. The first-order valence-corrected chi connectivity index (χ1v) is 11.6. The van der Waals surface area contributed by atoms with E-state index in [0.717, 1.165) is 27.6 Å². The first-order valence-electron chi connectivity index (χ1n) is 10.00. The summed E-state index contributed by atoms with van der Waals surface area (Å²) < 4.78 is 0. The molecule has 174 valence electrons. The summed E-state index contributed by atoms with van der Waals surface area (Å²) >= 11 is 2.02. The Balaban J connectivity index is 1.97. The summed E-state index contributed by atoms with van der Waals surface area (Å²) in [5.74, 6) is -2.68. The highest BCUT2D eigenvalue weighted by Gasteiger charge is 2.48. The van der Waals surface area contributed by atoms with Gasteiger partial charge in [0.1, 0.15) is 6.04 Å². The lowest BCUT2D eigenvalue weighted by atomic mass is 9.94. The highest BCUT2D eigenvalue weighted by Crippen LogP contribution is 2.46. The molecular formula is C22H18N4O6S2. The van der Waals surface area contributed by atoms with Crippen molar-refractivity contribution >= 4 is 51.0 Å². The Morgan fingerprint density at radius 3 is 2.29 bits per heavy atom. The van der Waals surface area contributed by atoms with Gasteiger partial charge in [0.25, 0.3) is 11.6 Å². The molecule has 3 aromatic rings. The van der Waals surface area contributed by atoms with Crippen LogP contribution < -0.4 is 4.90 Å². The van der Waals surface area contributed by atoms with E-state index in [1.165, 1.54) is 25.1 Å². The number of Topliss-reactive ketones (excluding diaryl/α,β-unsaturated/α-hetero) is 2. The third-order valence-electron chi connectivity index (χ3n) is 5.30. The lowest BCUT2D eigenvalue weighted by Gasteiger charge is -2.24. The van der Waals surface area contributed by atoms with E-state index in [4.69, 9.17) is 0 Å². The summed E-state index contributed by atoms with van der Waals surface area (Å²) in [4.78, 5) is 60.2. The second kappa shape index (κ2) is 8.54.